The number of nitriles is 2. The van der Waals surface area contributed by atoms with Gasteiger partial charge in [-0.15, -0.1) is 0 Å². The second kappa shape index (κ2) is 10.6. The van der Waals surface area contributed by atoms with Gasteiger partial charge in [0.05, 0.1) is 23.3 Å². The van der Waals surface area contributed by atoms with E-state index in [1.165, 1.54) is 10.8 Å². The van der Waals surface area contributed by atoms with Crippen molar-refractivity contribution in [2.24, 2.45) is 5.92 Å². The minimum absolute atomic E-state index is 0.219. The van der Waals surface area contributed by atoms with Crippen molar-refractivity contribution in [1.82, 2.24) is 0 Å². The van der Waals surface area contributed by atoms with Gasteiger partial charge in [0.15, 0.2) is 0 Å². The van der Waals surface area contributed by atoms with Crippen LogP contribution >= 0.6 is 0 Å². The van der Waals surface area contributed by atoms with Gasteiger partial charge in [0, 0.05) is 33.6 Å². The number of benzene rings is 6. The van der Waals surface area contributed by atoms with Gasteiger partial charge in [-0.2, -0.15) is 10.5 Å². The highest BCUT2D eigenvalue weighted by molar-refractivity contribution is 5.93. The molecule has 0 saturated heterocycles. The SMILES string of the molecule is CC1C=c2oc3ccccc3c2=CC1c1ccc(N(c2ccc3ccc(C#N)cc3c2)c2ccc3ccc(C#N)cc3c2)cc1. The van der Waals surface area contributed by atoms with Crippen LogP contribution in [0.5, 0.6) is 0 Å². The summed E-state index contributed by atoms with van der Waals surface area (Å²) in [6, 6.07) is 45.9. The molecule has 1 aromatic heterocycles. The Balaban J connectivity index is 1.25. The van der Waals surface area contributed by atoms with Crippen molar-refractivity contribution in [1.29, 1.82) is 10.5 Å². The van der Waals surface area contributed by atoms with E-state index in [2.05, 4.69) is 109 Å². The molecule has 0 N–H and O–H groups in total. The van der Waals surface area contributed by atoms with Crippen molar-refractivity contribution in [3.8, 4) is 12.1 Å². The van der Waals surface area contributed by atoms with E-state index in [0.29, 0.717) is 11.1 Å². The summed E-state index contributed by atoms with van der Waals surface area (Å²) in [5, 5.41) is 25.5. The van der Waals surface area contributed by atoms with Crippen LogP contribution in [0.15, 0.2) is 126 Å². The fraction of sp³-hybridized carbons (Fsp3) is 0.0732. The lowest BCUT2D eigenvalue weighted by atomic mass is 9.83. The first-order valence-corrected chi connectivity index (χ1v) is 15.1. The van der Waals surface area contributed by atoms with Gasteiger partial charge in [-0.25, -0.2) is 0 Å². The second-order valence-electron chi connectivity index (χ2n) is 11.7. The molecular weight excluding hydrogens is 550 g/mol. The van der Waals surface area contributed by atoms with Crippen LogP contribution in [0.2, 0.25) is 0 Å². The summed E-state index contributed by atoms with van der Waals surface area (Å²) in [5.41, 5.74) is 7.38. The first-order valence-electron chi connectivity index (χ1n) is 15.1. The van der Waals surface area contributed by atoms with Crippen LogP contribution in [0.3, 0.4) is 0 Å². The van der Waals surface area contributed by atoms with E-state index in [1.807, 2.05) is 48.5 Å². The number of hydrogen-bond acceptors (Lipinski definition) is 4. The van der Waals surface area contributed by atoms with Gasteiger partial charge in [0.2, 0.25) is 0 Å². The van der Waals surface area contributed by atoms with Gasteiger partial charge in [-0.05, 0) is 106 Å². The van der Waals surface area contributed by atoms with Gasteiger partial charge < -0.3 is 9.32 Å². The first kappa shape index (κ1) is 26.5. The van der Waals surface area contributed by atoms with Gasteiger partial charge in [0.25, 0.3) is 0 Å². The summed E-state index contributed by atoms with van der Waals surface area (Å²) in [5.74, 6) is 0.501. The molecule has 1 aliphatic rings. The zero-order valence-corrected chi connectivity index (χ0v) is 24.6. The lowest BCUT2D eigenvalue weighted by Gasteiger charge is -2.27. The van der Waals surface area contributed by atoms with Crippen molar-refractivity contribution < 1.29 is 4.42 Å². The minimum atomic E-state index is 0.219. The highest BCUT2D eigenvalue weighted by Gasteiger charge is 2.22. The minimum Gasteiger partial charge on any atom is -0.456 e. The quantitative estimate of drug-likeness (QED) is 0.209. The van der Waals surface area contributed by atoms with Crippen LogP contribution in [0.25, 0.3) is 44.7 Å². The van der Waals surface area contributed by atoms with Gasteiger partial charge in [-0.3, -0.25) is 0 Å². The molecule has 0 spiro atoms. The van der Waals surface area contributed by atoms with Gasteiger partial charge in [-0.1, -0.05) is 67.6 Å². The summed E-state index contributed by atoms with van der Waals surface area (Å²) < 4.78 is 6.15. The highest BCUT2D eigenvalue weighted by atomic mass is 16.3. The molecule has 2 atom stereocenters. The van der Waals surface area contributed by atoms with Crippen LogP contribution < -0.4 is 15.5 Å². The summed E-state index contributed by atoms with van der Waals surface area (Å²) in [6.07, 6.45) is 4.60. The van der Waals surface area contributed by atoms with Crippen molar-refractivity contribution in [2.75, 3.05) is 4.90 Å². The number of fused-ring (bicyclic) bond motifs is 5. The van der Waals surface area contributed by atoms with Crippen molar-refractivity contribution in [3.63, 3.8) is 0 Å². The Morgan fingerprint density at radius 3 is 1.80 bits per heavy atom. The molecule has 212 valence electrons. The van der Waals surface area contributed by atoms with E-state index < -0.39 is 0 Å². The maximum Gasteiger partial charge on any atom is 0.135 e. The zero-order chi connectivity index (χ0) is 30.5. The Hall–Kier alpha value is -6.10. The number of rotatable bonds is 4. The molecule has 4 nitrogen and oxygen atoms in total. The van der Waals surface area contributed by atoms with E-state index in [9.17, 15) is 10.5 Å². The van der Waals surface area contributed by atoms with Crippen LogP contribution in [0.4, 0.5) is 17.1 Å². The summed E-state index contributed by atoms with van der Waals surface area (Å²) in [6.45, 7) is 2.24. The average molecular weight is 578 g/mol. The van der Waals surface area contributed by atoms with Crippen LogP contribution in [-0.4, -0.2) is 0 Å². The molecule has 0 saturated carbocycles. The van der Waals surface area contributed by atoms with Crippen LogP contribution in [0.1, 0.15) is 29.5 Å². The Morgan fingerprint density at radius 2 is 1.18 bits per heavy atom. The van der Waals surface area contributed by atoms with E-state index in [4.69, 9.17) is 4.42 Å². The molecule has 0 fully saturated rings. The molecule has 6 aromatic carbocycles. The third-order valence-electron chi connectivity index (χ3n) is 8.95. The lowest BCUT2D eigenvalue weighted by Crippen LogP contribution is -2.28. The molecule has 45 heavy (non-hydrogen) atoms. The third-order valence-corrected chi connectivity index (χ3v) is 8.95. The maximum absolute atomic E-state index is 9.53. The molecule has 0 aliphatic heterocycles. The monoisotopic (exact) mass is 577 g/mol. The standard InChI is InChI=1S/C41H27N3O/c1-26-18-41-39(37-4-2-3-5-40(37)45-41)23-38(26)31-12-14-34(15-13-31)44(35-16-10-29-8-6-27(24-42)19-32(29)21-35)36-17-11-30-9-7-28(25-43)20-33(30)22-36/h2-23,26,38H,1H3. The summed E-state index contributed by atoms with van der Waals surface area (Å²) in [4.78, 5) is 2.24. The largest absolute Gasteiger partial charge is 0.456 e. The van der Waals surface area contributed by atoms with Crippen molar-refractivity contribution >= 4 is 61.7 Å². The average Bonchev–Trinajstić information content (AvgIpc) is 3.44. The molecule has 0 radical (unpaired) electrons. The first-order chi connectivity index (χ1) is 22.1. The molecule has 8 rings (SSSR count). The number of hydrogen-bond donors (Lipinski definition) is 0. The maximum atomic E-state index is 9.53. The van der Waals surface area contributed by atoms with Crippen LogP contribution in [0, 0.1) is 28.6 Å². The van der Waals surface area contributed by atoms with Crippen molar-refractivity contribution in [3.05, 3.63) is 149 Å². The normalized spacial score (nSPS) is 15.5. The van der Waals surface area contributed by atoms with Gasteiger partial charge >= 0.3 is 0 Å². The molecule has 0 amide bonds. The fourth-order valence-corrected chi connectivity index (χ4v) is 6.63. The molecule has 4 heteroatoms. The lowest BCUT2D eigenvalue weighted by molar-refractivity contribution is 0.558. The van der Waals surface area contributed by atoms with Gasteiger partial charge in [0.1, 0.15) is 11.0 Å². The van der Waals surface area contributed by atoms with E-state index in [0.717, 1.165) is 55.0 Å². The molecule has 1 heterocycles. The number of anilines is 3. The number of nitrogens with zero attached hydrogens (tertiary/aromatic N) is 3. The molecule has 7 aromatic rings. The Morgan fingerprint density at radius 1 is 0.600 bits per heavy atom. The summed E-state index contributed by atoms with van der Waals surface area (Å²) in [7, 11) is 0. The number of furan rings is 1. The Labute approximate surface area is 260 Å². The van der Waals surface area contributed by atoms with Crippen molar-refractivity contribution in [2.45, 2.75) is 12.8 Å². The topological polar surface area (TPSA) is 64.0 Å². The van der Waals surface area contributed by atoms with E-state index in [1.54, 1.807) is 0 Å². The predicted octanol–water partition coefficient (Wildman–Crippen LogP) is 8.95. The van der Waals surface area contributed by atoms with E-state index >= 15 is 0 Å². The molecular formula is C41H27N3O. The smallest absolute Gasteiger partial charge is 0.135 e. The highest BCUT2D eigenvalue weighted by Crippen LogP contribution is 2.39. The molecule has 2 unspecified atom stereocenters. The molecule has 1 aliphatic carbocycles. The Kier molecular flexibility index (Phi) is 6.22. The second-order valence-corrected chi connectivity index (χ2v) is 11.7. The molecule has 0 bridgehead atoms. The fourth-order valence-electron chi connectivity index (χ4n) is 6.63. The summed E-state index contributed by atoms with van der Waals surface area (Å²) >= 11 is 0. The van der Waals surface area contributed by atoms with E-state index in [-0.39, 0.29) is 11.8 Å². The third kappa shape index (κ3) is 4.61. The zero-order valence-electron chi connectivity index (χ0n) is 24.6. The Bertz CT molecular complexity index is 2400. The number of para-hydroxylation sites is 1. The van der Waals surface area contributed by atoms with Crippen LogP contribution in [-0.2, 0) is 0 Å². The predicted molar refractivity (Wildman–Crippen MR) is 182 cm³/mol.